The van der Waals surface area contributed by atoms with Gasteiger partial charge in [-0.1, -0.05) is 12.1 Å². The summed E-state index contributed by atoms with van der Waals surface area (Å²) in [6, 6.07) is 5.65. The Morgan fingerprint density at radius 1 is 1.29 bits per heavy atom. The highest BCUT2D eigenvalue weighted by atomic mass is 16.5. The molecule has 14 heavy (non-hydrogen) atoms. The smallest absolute Gasteiger partial charge is 0.288 e. The monoisotopic (exact) mass is 195 g/mol. The van der Waals surface area contributed by atoms with Crippen LogP contribution >= 0.6 is 0 Å². The van der Waals surface area contributed by atoms with E-state index in [2.05, 4.69) is 0 Å². The van der Waals surface area contributed by atoms with Crippen LogP contribution in [0.15, 0.2) is 24.3 Å². The van der Waals surface area contributed by atoms with Crippen molar-refractivity contribution in [3.8, 4) is 5.75 Å². The molecule has 0 aliphatic rings. The predicted molar refractivity (Wildman–Crippen MR) is 46.7 cm³/mol. The lowest BCUT2D eigenvalue weighted by Crippen LogP contribution is -2.31. The van der Waals surface area contributed by atoms with E-state index in [1.807, 2.05) is 0 Å². The number of rotatable bonds is 1. The zero-order valence-electron chi connectivity index (χ0n) is 7.47. The quantitative estimate of drug-likeness (QED) is 0.512. The van der Waals surface area contributed by atoms with E-state index in [4.69, 9.17) is 5.21 Å². The van der Waals surface area contributed by atoms with Gasteiger partial charge in [-0.3, -0.25) is 14.8 Å². The van der Waals surface area contributed by atoms with Crippen LogP contribution in [0.1, 0.15) is 17.3 Å². The van der Waals surface area contributed by atoms with Gasteiger partial charge in [0, 0.05) is 6.92 Å². The fourth-order valence-corrected chi connectivity index (χ4v) is 0.912. The second-order valence-corrected chi connectivity index (χ2v) is 2.65. The molecule has 0 aliphatic heterocycles. The van der Waals surface area contributed by atoms with E-state index in [0.717, 1.165) is 6.92 Å². The first-order valence-electron chi connectivity index (χ1n) is 3.86. The molecule has 0 spiro atoms. The van der Waals surface area contributed by atoms with Crippen molar-refractivity contribution in [2.75, 3.05) is 0 Å². The third kappa shape index (κ3) is 1.89. The van der Waals surface area contributed by atoms with E-state index in [0.29, 0.717) is 0 Å². The summed E-state index contributed by atoms with van der Waals surface area (Å²) in [6.07, 6.45) is 0. The molecule has 74 valence electrons. The van der Waals surface area contributed by atoms with Crippen molar-refractivity contribution >= 4 is 11.8 Å². The molecule has 0 saturated carbocycles. The van der Waals surface area contributed by atoms with Crippen LogP contribution in [-0.4, -0.2) is 27.2 Å². The number of amides is 2. The number of hydrogen-bond acceptors (Lipinski definition) is 4. The topological polar surface area (TPSA) is 77.8 Å². The Bertz CT molecular complexity index is 375. The van der Waals surface area contributed by atoms with Crippen LogP contribution in [0.5, 0.6) is 5.75 Å². The first-order valence-corrected chi connectivity index (χ1v) is 3.86. The standard InChI is InChI=1S/C9H9NO4/c1-6(11)10(14)9(13)7-4-2-3-5-8(7)12/h2-5,12,14H,1H3. The van der Waals surface area contributed by atoms with Crippen LogP contribution < -0.4 is 0 Å². The average Bonchev–Trinajstić information content (AvgIpc) is 2.16. The Balaban J connectivity index is 3.01. The summed E-state index contributed by atoms with van der Waals surface area (Å²) in [4.78, 5) is 21.9. The molecular weight excluding hydrogens is 186 g/mol. The maximum atomic E-state index is 11.3. The molecule has 2 N–H and O–H groups in total. The van der Waals surface area contributed by atoms with Gasteiger partial charge in [0.15, 0.2) is 0 Å². The minimum atomic E-state index is -0.949. The molecule has 1 aromatic carbocycles. The summed E-state index contributed by atoms with van der Waals surface area (Å²) in [5, 5.41) is 18.2. The van der Waals surface area contributed by atoms with Crippen LogP contribution in [0, 0.1) is 0 Å². The van der Waals surface area contributed by atoms with Crippen molar-refractivity contribution in [3.05, 3.63) is 29.8 Å². The van der Waals surface area contributed by atoms with Gasteiger partial charge in [0.1, 0.15) is 5.75 Å². The van der Waals surface area contributed by atoms with Crippen molar-refractivity contribution in [2.45, 2.75) is 6.92 Å². The van der Waals surface area contributed by atoms with Gasteiger partial charge in [0.2, 0.25) is 5.91 Å². The fraction of sp³-hybridized carbons (Fsp3) is 0.111. The summed E-state index contributed by atoms with van der Waals surface area (Å²) in [5.74, 6) is -2.04. The summed E-state index contributed by atoms with van der Waals surface area (Å²) < 4.78 is 0. The number of benzene rings is 1. The largest absolute Gasteiger partial charge is 0.507 e. The van der Waals surface area contributed by atoms with E-state index in [-0.39, 0.29) is 16.4 Å². The number of phenols is 1. The van der Waals surface area contributed by atoms with Crippen molar-refractivity contribution in [1.29, 1.82) is 0 Å². The Kier molecular flexibility index (Phi) is 2.83. The second kappa shape index (κ2) is 3.89. The van der Waals surface area contributed by atoms with Crippen molar-refractivity contribution in [1.82, 2.24) is 5.06 Å². The lowest BCUT2D eigenvalue weighted by Gasteiger charge is -2.10. The minimum absolute atomic E-state index is 0.0466. The first kappa shape index (κ1) is 10.2. The lowest BCUT2D eigenvalue weighted by atomic mass is 10.2. The van der Waals surface area contributed by atoms with E-state index < -0.39 is 11.8 Å². The van der Waals surface area contributed by atoms with Gasteiger partial charge < -0.3 is 5.11 Å². The number of carbonyl (C=O) groups is 2. The van der Waals surface area contributed by atoms with Crippen LogP contribution in [0.3, 0.4) is 0 Å². The van der Waals surface area contributed by atoms with E-state index in [9.17, 15) is 14.7 Å². The predicted octanol–water partition coefficient (Wildman–Crippen LogP) is 0.770. The third-order valence-corrected chi connectivity index (χ3v) is 1.63. The Labute approximate surface area is 80.2 Å². The fourth-order valence-electron chi connectivity index (χ4n) is 0.912. The maximum absolute atomic E-state index is 11.3. The van der Waals surface area contributed by atoms with Gasteiger partial charge in [0.05, 0.1) is 5.56 Å². The Morgan fingerprint density at radius 2 is 1.86 bits per heavy atom. The normalized spacial score (nSPS) is 9.57. The highest BCUT2D eigenvalue weighted by Gasteiger charge is 2.19. The molecule has 5 heteroatoms. The summed E-state index contributed by atoms with van der Waals surface area (Å²) in [7, 11) is 0. The number of hydroxylamine groups is 2. The minimum Gasteiger partial charge on any atom is -0.507 e. The molecule has 1 rings (SSSR count). The second-order valence-electron chi connectivity index (χ2n) is 2.65. The van der Waals surface area contributed by atoms with E-state index in [1.54, 1.807) is 0 Å². The Hall–Kier alpha value is -1.88. The molecule has 0 heterocycles. The molecule has 0 atom stereocenters. The van der Waals surface area contributed by atoms with Crippen LogP contribution in [-0.2, 0) is 4.79 Å². The number of imide groups is 1. The number of aromatic hydroxyl groups is 1. The molecule has 5 nitrogen and oxygen atoms in total. The average molecular weight is 195 g/mol. The highest BCUT2D eigenvalue weighted by molar-refractivity contribution is 6.04. The first-order chi connectivity index (χ1) is 6.54. The van der Waals surface area contributed by atoms with Gasteiger partial charge in [-0.15, -0.1) is 0 Å². The third-order valence-electron chi connectivity index (χ3n) is 1.63. The van der Waals surface area contributed by atoms with Gasteiger partial charge in [-0.05, 0) is 12.1 Å². The molecule has 0 radical (unpaired) electrons. The molecule has 0 fully saturated rings. The van der Waals surface area contributed by atoms with Gasteiger partial charge in [0.25, 0.3) is 5.91 Å². The number of carbonyl (C=O) groups excluding carboxylic acids is 2. The number of nitrogens with zero attached hydrogens (tertiary/aromatic N) is 1. The number of para-hydroxylation sites is 1. The SMILES string of the molecule is CC(=O)N(O)C(=O)c1ccccc1O. The number of phenolic OH excluding ortho intramolecular Hbond substituents is 1. The number of hydrogen-bond donors (Lipinski definition) is 2. The lowest BCUT2D eigenvalue weighted by molar-refractivity contribution is -0.151. The molecule has 1 aromatic rings. The highest BCUT2D eigenvalue weighted by Crippen LogP contribution is 2.16. The molecule has 0 aromatic heterocycles. The van der Waals surface area contributed by atoms with Crippen LogP contribution in [0.2, 0.25) is 0 Å². The van der Waals surface area contributed by atoms with Crippen LogP contribution in [0.25, 0.3) is 0 Å². The zero-order chi connectivity index (χ0) is 10.7. The van der Waals surface area contributed by atoms with Crippen LogP contribution in [0.4, 0.5) is 0 Å². The summed E-state index contributed by atoms with van der Waals surface area (Å²) in [6.45, 7) is 1.04. The van der Waals surface area contributed by atoms with Gasteiger partial charge in [-0.2, -0.15) is 5.06 Å². The molecule has 2 amide bonds. The van der Waals surface area contributed by atoms with E-state index >= 15 is 0 Å². The Morgan fingerprint density at radius 3 is 2.36 bits per heavy atom. The van der Waals surface area contributed by atoms with Crippen molar-refractivity contribution in [2.24, 2.45) is 0 Å². The molecule has 0 aliphatic carbocycles. The molecule has 0 bridgehead atoms. The van der Waals surface area contributed by atoms with Crippen molar-refractivity contribution < 1.29 is 19.9 Å². The van der Waals surface area contributed by atoms with E-state index in [1.165, 1.54) is 24.3 Å². The summed E-state index contributed by atoms with van der Waals surface area (Å²) >= 11 is 0. The molecular formula is C9H9NO4. The zero-order valence-corrected chi connectivity index (χ0v) is 7.47. The van der Waals surface area contributed by atoms with Gasteiger partial charge in [-0.25, -0.2) is 0 Å². The summed E-state index contributed by atoms with van der Waals surface area (Å²) in [5.41, 5.74) is -0.120. The molecule has 0 saturated heterocycles. The maximum Gasteiger partial charge on any atom is 0.288 e. The molecule has 0 unspecified atom stereocenters. The van der Waals surface area contributed by atoms with Crippen molar-refractivity contribution in [3.63, 3.8) is 0 Å². The van der Waals surface area contributed by atoms with Gasteiger partial charge >= 0.3 is 0 Å².